The van der Waals surface area contributed by atoms with E-state index in [4.69, 9.17) is 0 Å². The van der Waals surface area contributed by atoms with Gasteiger partial charge in [-0.25, -0.2) is 0 Å². The number of fused-ring (bicyclic) bond motifs is 1. The SMILES string of the molecule is c1cc(-c2ccc(-c3cc4ccncc4[nH]3)cc2)ccn1. The molecule has 1 aromatic carbocycles. The van der Waals surface area contributed by atoms with Crippen LogP contribution in [-0.4, -0.2) is 15.0 Å². The number of H-pyrrole nitrogens is 1. The highest BCUT2D eigenvalue weighted by molar-refractivity contribution is 5.85. The second kappa shape index (κ2) is 4.87. The molecular weight excluding hydrogens is 258 g/mol. The maximum Gasteiger partial charge on any atom is 0.0645 e. The fraction of sp³-hybridized carbons (Fsp3) is 0. The van der Waals surface area contributed by atoms with Crippen molar-refractivity contribution in [3.63, 3.8) is 0 Å². The Bertz CT molecular complexity index is 844. The zero-order chi connectivity index (χ0) is 14.1. The van der Waals surface area contributed by atoms with E-state index < -0.39 is 0 Å². The molecule has 4 aromatic rings. The topological polar surface area (TPSA) is 41.6 Å². The normalized spacial score (nSPS) is 10.9. The number of rotatable bonds is 2. The predicted octanol–water partition coefficient (Wildman–Crippen LogP) is 4.29. The van der Waals surface area contributed by atoms with Gasteiger partial charge in [0.1, 0.15) is 0 Å². The van der Waals surface area contributed by atoms with E-state index in [1.165, 1.54) is 22.1 Å². The van der Waals surface area contributed by atoms with Crippen LogP contribution in [0.25, 0.3) is 33.3 Å². The Labute approximate surface area is 122 Å². The van der Waals surface area contributed by atoms with Gasteiger partial charge in [-0.2, -0.15) is 0 Å². The molecule has 3 aromatic heterocycles. The molecule has 100 valence electrons. The summed E-state index contributed by atoms with van der Waals surface area (Å²) >= 11 is 0. The van der Waals surface area contributed by atoms with Crippen molar-refractivity contribution in [2.45, 2.75) is 0 Å². The molecule has 3 heterocycles. The summed E-state index contributed by atoms with van der Waals surface area (Å²) in [5.74, 6) is 0. The summed E-state index contributed by atoms with van der Waals surface area (Å²) in [7, 11) is 0. The molecule has 0 spiro atoms. The fourth-order valence-corrected chi connectivity index (χ4v) is 2.51. The van der Waals surface area contributed by atoms with Gasteiger partial charge in [-0.05, 0) is 41.0 Å². The lowest BCUT2D eigenvalue weighted by Crippen LogP contribution is -1.80. The number of aromatic nitrogens is 3. The van der Waals surface area contributed by atoms with E-state index in [1.54, 1.807) is 0 Å². The quantitative estimate of drug-likeness (QED) is 0.591. The van der Waals surface area contributed by atoms with Crippen molar-refractivity contribution in [2.24, 2.45) is 0 Å². The zero-order valence-corrected chi connectivity index (χ0v) is 11.3. The number of nitrogens with one attached hydrogen (secondary N) is 1. The second-order valence-corrected chi connectivity index (χ2v) is 4.96. The fourth-order valence-electron chi connectivity index (χ4n) is 2.51. The number of nitrogens with zero attached hydrogens (tertiary/aromatic N) is 2. The molecule has 0 aliphatic heterocycles. The Morgan fingerprint density at radius 2 is 1.33 bits per heavy atom. The molecule has 0 unspecified atom stereocenters. The highest BCUT2D eigenvalue weighted by atomic mass is 14.7. The Morgan fingerprint density at radius 3 is 2.10 bits per heavy atom. The van der Waals surface area contributed by atoms with Crippen LogP contribution in [0.1, 0.15) is 0 Å². The summed E-state index contributed by atoms with van der Waals surface area (Å²) in [6.45, 7) is 0. The molecule has 21 heavy (non-hydrogen) atoms. The molecule has 0 fully saturated rings. The van der Waals surface area contributed by atoms with Gasteiger partial charge in [0.2, 0.25) is 0 Å². The smallest absolute Gasteiger partial charge is 0.0645 e. The second-order valence-electron chi connectivity index (χ2n) is 4.96. The maximum atomic E-state index is 4.14. The predicted molar refractivity (Wildman–Crippen MR) is 84.8 cm³/mol. The summed E-state index contributed by atoms with van der Waals surface area (Å²) in [4.78, 5) is 11.6. The highest BCUT2D eigenvalue weighted by Gasteiger charge is 2.04. The Kier molecular flexibility index (Phi) is 2.75. The lowest BCUT2D eigenvalue weighted by atomic mass is 10.0. The Balaban J connectivity index is 1.73. The van der Waals surface area contributed by atoms with Crippen LogP contribution >= 0.6 is 0 Å². The zero-order valence-electron chi connectivity index (χ0n) is 11.3. The van der Waals surface area contributed by atoms with Crippen molar-refractivity contribution < 1.29 is 0 Å². The van der Waals surface area contributed by atoms with E-state index in [9.17, 15) is 0 Å². The first-order chi connectivity index (χ1) is 10.4. The Morgan fingerprint density at radius 1 is 0.667 bits per heavy atom. The molecule has 0 atom stereocenters. The van der Waals surface area contributed by atoms with Gasteiger partial charge in [0.25, 0.3) is 0 Å². The molecule has 4 rings (SSSR count). The molecule has 1 N–H and O–H groups in total. The minimum Gasteiger partial charge on any atom is -0.353 e. The third-order valence-corrected chi connectivity index (χ3v) is 3.63. The van der Waals surface area contributed by atoms with Crippen molar-refractivity contribution in [3.8, 4) is 22.4 Å². The maximum absolute atomic E-state index is 4.14. The van der Waals surface area contributed by atoms with Crippen molar-refractivity contribution >= 4 is 10.9 Å². The van der Waals surface area contributed by atoms with Crippen LogP contribution in [0.5, 0.6) is 0 Å². The number of benzene rings is 1. The lowest BCUT2D eigenvalue weighted by Gasteiger charge is -2.03. The minimum absolute atomic E-state index is 1.06. The van der Waals surface area contributed by atoms with Crippen LogP contribution in [-0.2, 0) is 0 Å². The van der Waals surface area contributed by atoms with E-state index in [0.717, 1.165) is 11.2 Å². The standard InChI is InChI=1S/C18H13N3/c1-3-15(4-2-13(1)14-5-8-19-9-6-14)17-11-16-7-10-20-12-18(16)21-17/h1-12,21H. The van der Waals surface area contributed by atoms with Gasteiger partial charge in [0.05, 0.1) is 11.7 Å². The van der Waals surface area contributed by atoms with Gasteiger partial charge in [-0.15, -0.1) is 0 Å². The van der Waals surface area contributed by atoms with Gasteiger partial charge in [0.15, 0.2) is 0 Å². The molecule has 0 radical (unpaired) electrons. The van der Waals surface area contributed by atoms with Crippen LogP contribution in [0.4, 0.5) is 0 Å². The van der Waals surface area contributed by atoms with Gasteiger partial charge in [-0.3, -0.25) is 9.97 Å². The number of pyridine rings is 2. The molecule has 0 saturated carbocycles. The van der Waals surface area contributed by atoms with Crippen LogP contribution in [0, 0.1) is 0 Å². The first-order valence-electron chi connectivity index (χ1n) is 6.84. The van der Waals surface area contributed by atoms with E-state index in [0.29, 0.717) is 0 Å². The van der Waals surface area contributed by atoms with Gasteiger partial charge >= 0.3 is 0 Å². The number of hydrogen-bond donors (Lipinski definition) is 1. The third-order valence-electron chi connectivity index (χ3n) is 3.63. The van der Waals surface area contributed by atoms with E-state index in [2.05, 4.69) is 45.3 Å². The number of hydrogen-bond acceptors (Lipinski definition) is 2. The van der Waals surface area contributed by atoms with E-state index >= 15 is 0 Å². The van der Waals surface area contributed by atoms with Crippen molar-refractivity contribution in [1.29, 1.82) is 0 Å². The van der Waals surface area contributed by atoms with Gasteiger partial charge < -0.3 is 4.98 Å². The average molecular weight is 271 g/mol. The molecular formula is C18H13N3. The Hall–Kier alpha value is -2.94. The molecule has 0 bridgehead atoms. The largest absolute Gasteiger partial charge is 0.353 e. The molecule has 3 nitrogen and oxygen atoms in total. The minimum atomic E-state index is 1.06. The molecule has 0 aliphatic rings. The van der Waals surface area contributed by atoms with Crippen LogP contribution in [0.15, 0.2) is 73.3 Å². The van der Waals surface area contributed by atoms with E-state index in [1.807, 2.05) is 43.0 Å². The number of aromatic amines is 1. The summed E-state index contributed by atoms with van der Waals surface area (Å²) in [6.07, 6.45) is 7.29. The van der Waals surface area contributed by atoms with Crippen LogP contribution < -0.4 is 0 Å². The van der Waals surface area contributed by atoms with Gasteiger partial charge in [-0.1, -0.05) is 24.3 Å². The van der Waals surface area contributed by atoms with Crippen LogP contribution in [0.2, 0.25) is 0 Å². The summed E-state index contributed by atoms with van der Waals surface area (Å²) in [5.41, 5.74) is 5.71. The van der Waals surface area contributed by atoms with Gasteiger partial charge in [0, 0.05) is 29.7 Å². The lowest BCUT2D eigenvalue weighted by molar-refractivity contribution is 1.33. The summed E-state index contributed by atoms with van der Waals surface area (Å²) in [6, 6.07) is 16.7. The molecule has 0 saturated heterocycles. The first kappa shape index (κ1) is 11.9. The molecule has 0 amide bonds. The van der Waals surface area contributed by atoms with Crippen molar-refractivity contribution in [1.82, 2.24) is 15.0 Å². The third kappa shape index (κ3) is 2.19. The van der Waals surface area contributed by atoms with Crippen molar-refractivity contribution in [2.75, 3.05) is 0 Å². The highest BCUT2D eigenvalue weighted by Crippen LogP contribution is 2.26. The molecule has 3 heteroatoms. The first-order valence-corrected chi connectivity index (χ1v) is 6.84. The van der Waals surface area contributed by atoms with Crippen LogP contribution in [0.3, 0.4) is 0 Å². The average Bonchev–Trinajstić information content (AvgIpc) is 3.00. The molecule has 0 aliphatic carbocycles. The van der Waals surface area contributed by atoms with E-state index in [-0.39, 0.29) is 0 Å². The summed E-state index contributed by atoms with van der Waals surface area (Å²) < 4.78 is 0. The summed E-state index contributed by atoms with van der Waals surface area (Å²) in [5, 5.41) is 1.18. The van der Waals surface area contributed by atoms with Crippen molar-refractivity contribution in [3.05, 3.63) is 73.3 Å². The monoisotopic (exact) mass is 271 g/mol.